The van der Waals surface area contributed by atoms with Gasteiger partial charge in [0.2, 0.25) is 0 Å². The molecule has 0 N–H and O–H groups in total. The van der Waals surface area contributed by atoms with Crippen molar-refractivity contribution >= 4 is 26.7 Å². The van der Waals surface area contributed by atoms with Gasteiger partial charge < -0.3 is 0 Å². The first kappa shape index (κ1) is 11.5. The van der Waals surface area contributed by atoms with Gasteiger partial charge in [0.05, 0.1) is 5.56 Å². The van der Waals surface area contributed by atoms with Crippen molar-refractivity contribution in [1.29, 1.82) is 0 Å². The van der Waals surface area contributed by atoms with E-state index in [0.29, 0.717) is 16.3 Å². The Morgan fingerprint density at radius 1 is 1.00 bits per heavy atom. The standard InChI is InChI=1S/C12H8BrF3/c13-7-9-5-1-3-8-4-2-6-10(11(8)9)12(14,15)16/h1-6H,7H2. The zero-order chi connectivity index (χ0) is 11.8. The van der Waals surface area contributed by atoms with E-state index in [1.165, 1.54) is 6.07 Å². The van der Waals surface area contributed by atoms with E-state index in [-0.39, 0.29) is 5.39 Å². The van der Waals surface area contributed by atoms with Crippen molar-refractivity contribution in [1.82, 2.24) is 0 Å². The lowest BCUT2D eigenvalue weighted by Crippen LogP contribution is -2.06. The zero-order valence-corrected chi connectivity index (χ0v) is 9.77. The number of hydrogen-bond donors (Lipinski definition) is 0. The molecule has 0 bridgehead atoms. The second-order valence-corrected chi connectivity index (χ2v) is 4.01. The van der Waals surface area contributed by atoms with Crippen LogP contribution >= 0.6 is 15.9 Å². The third kappa shape index (κ3) is 1.94. The van der Waals surface area contributed by atoms with Crippen molar-refractivity contribution in [2.75, 3.05) is 0 Å². The minimum atomic E-state index is -4.31. The average molecular weight is 289 g/mol. The first-order chi connectivity index (χ1) is 7.54. The maximum absolute atomic E-state index is 12.8. The number of alkyl halides is 4. The van der Waals surface area contributed by atoms with Crippen LogP contribution in [0.3, 0.4) is 0 Å². The molecule has 84 valence electrons. The second-order valence-electron chi connectivity index (χ2n) is 3.45. The van der Waals surface area contributed by atoms with Crippen LogP contribution in [0.2, 0.25) is 0 Å². The number of rotatable bonds is 1. The summed E-state index contributed by atoms with van der Waals surface area (Å²) in [7, 11) is 0. The summed E-state index contributed by atoms with van der Waals surface area (Å²) < 4.78 is 38.5. The fourth-order valence-electron chi connectivity index (χ4n) is 1.77. The monoisotopic (exact) mass is 288 g/mol. The van der Waals surface area contributed by atoms with Gasteiger partial charge in [-0.1, -0.05) is 46.3 Å². The third-order valence-electron chi connectivity index (χ3n) is 2.44. The lowest BCUT2D eigenvalue weighted by molar-refractivity contribution is -0.136. The number of benzene rings is 2. The van der Waals surface area contributed by atoms with Gasteiger partial charge in [0, 0.05) is 5.33 Å². The van der Waals surface area contributed by atoms with E-state index in [9.17, 15) is 13.2 Å². The van der Waals surface area contributed by atoms with E-state index in [0.717, 1.165) is 6.07 Å². The number of halogens is 4. The maximum Gasteiger partial charge on any atom is 0.417 e. The molecule has 0 radical (unpaired) electrons. The Kier molecular flexibility index (Phi) is 2.93. The van der Waals surface area contributed by atoms with Crippen molar-refractivity contribution in [3.05, 3.63) is 47.5 Å². The third-order valence-corrected chi connectivity index (χ3v) is 3.04. The highest BCUT2D eigenvalue weighted by molar-refractivity contribution is 9.08. The molecule has 0 aliphatic heterocycles. The van der Waals surface area contributed by atoms with Crippen LogP contribution < -0.4 is 0 Å². The van der Waals surface area contributed by atoms with Crippen LogP contribution in [0.1, 0.15) is 11.1 Å². The molecule has 0 nitrogen and oxygen atoms in total. The molecule has 0 amide bonds. The second kappa shape index (κ2) is 4.09. The predicted octanol–water partition coefficient (Wildman–Crippen LogP) is 4.75. The van der Waals surface area contributed by atoms with Gasteiger partial charge in [-0.2, -0.15) is 13.2 Å². The SMILES string of the molecule is FC(F)(F)c1cccc2cccc(CBr)c12. The molecule has 0 heterocycles. The normalized spacial score (nSPS) is 12.0. The first-order valence-electron chi connectivity index (χ1n) is 4.68. The summed E-state index contributed by atoms with van der Waals surface area (Å²) in [5.41, 5.74) is 0.0884. The van der Waals surface area contributed by atoms with E-state index in [1.807, 2.05) is 0 Å². The van der Waals surface area contributed by atoms with Gasteiger partial charge in [0.25, 0.3) is 0 Å². The molecule has 2 aromatic carbocycles. The molecule has 0 atom stereocenters. The van der Waals surface area contributed by atoms with E-state index in [4.69, 9.17) is 0 Å². The fourth-order valence-corrected chi connectivity index (χ4v) is 2.23. The molecule has 16 heavy (non-hydrogen) atoms. The topological polar surface area (TPSA) is 0 Å². The minimum absolute atomic E-state index is 0.286. The van der Waals surface area contributed by atoms with Crippen LogP contribution in [-0.4, -0.2) is 0 Å². The van der Waals surface area contributed by atoms with Crippen LogP contribution in [-0.2, 0) is 11.5 Å². The molecule has 2 aromatic rings. The van der Waals surface area contributed by atoms with Crippen LogP contribution in [0, 0.1) is 0 Å². The van der Waals surface area contributed by atoms with Gasteiger partial charge in [-0.3, -0.25) is 0 Å². The maximum atomic E-state index is 12.8. The zero-order valence-electron chi connectivity index (χ0n) is 8.18. The highest BCUT2D eigenvalue weighted by Crippen LogP contribution is 2.36. The Morgan fingerprint density at radius 2 is 1.62 bits per heavy atom. The number of fused-ring (bicyclic) bond motifs is 1. The van der Waals surface area contributed by atoms with Crippen molar-refractivity contribution in [3.63, 3.8) is 0 Å². The highest BCUT2D eigenvalue weighted by Gasteiger charge is 2.32. The Bertz CT molecular complexity index is 512. The summed E-state index contributed by atoms with van der Waals surface area (Å²) in [4.78, 5) is 0. The van der Waals surface area contributed by atoms with Crippen LogP contribution in [0.15, 0.2) is 36.4 Å². The molecule has 2 rings (SSSR count). The summed E-state index contributed by atoms with van der Waals surface area (Å²) in [5.74, 6) is 0. The Hall–Kier alpha value is -1.03. The molecule has 0 saturated heterocycles. The van der Waals surface area contributed by atoms with Crippen molar-refractivity contribution in [2.24, 2.45) is 0 Å². The van der Waals surface area contributed by atoms with Crippen LogP contribution in [0.5, 0.6) is 0 Å². The molecule has 0 unspecified atom stereocenters. The highest BCUT2D eigenvalue weighted by atomic mass is 79.9. The van der Waals surface area contributed by atoms with Gasteiger partial charge in [-0.05, 0) is 22.4 Å². The van der Waals surface area contributed by atoms with Crippen molar-refractivity contribution in [2.45, 2.75) is 11.5 Å². The summed E-state index contributed by atoms with van der Waals surface area (Å²) in [5, 5.41) is 1.32. The smallest absolute Gasteiger partial charge is 0.166 e. The predicted molar refractivity (Wildman–Crippen MR) is 61.6 cm³/mol. The van der Waals surface area contributed by atoms with Gasteiger partial charge >= 0.3 is 6.18 Å². The minimum Gasteiger partial charge on any atom is -0.166 e. The Balaban J connectivity index is 2.84. The van der Waals surface area contributed by atoms with E-state index in [1.54, 1.807) is 24.3 Å². The van der Waals surface area contributed by atoms with Crippen molar-refractivity contribution in [3.8, 4) is 0 Å². The molecule has 0 aliphatic carbocycles. The fraction of sp³-hybridized carbons (Fsp3) is 0.167. The summed E-state index contributed by atoms with van der Waals surface area (Å²) >= 11 is 3.21. The quantitative estimate of drug-likeness (QED) is 0.664. The largest absolute Gasteiger partial charge is 0.417 e. The number of hydrogen-bond acceptors (Lipinski definition) is 0. The molecular weight excluding hydrogens is 281 g/mol. The van der Waals surface area contributed by atoms with E-state index < -0.39 is 11.7 Å². The van der Waals surface area contributed by atoms with Gasteiger partial charge in [-0.25, -0.2) is 0 Å². The summed E-state index contributed by atoms with van der Waals surface area (Å²) in [6, 6.07) is 9.40. The van der Waals surface area contributed by atoms with E-state index in [2.05, 4.69) is 15.9 Å². The van der Waals surface area contributed by atoms with Gasteiger partial charge in [-0.15, -0.1) is 0 Å². The average Bonchev–Trinajstić information content (AvgIpc) is 2.26. The molecular formula is C12H8BrF3. The Morgan fingerprint density at radius 3 is 2.19 bits per heavy atom. The molecule has 0 fully saturated rings. The van der Waals surface area contributed by atoms with Crippen molar-refractivity contribution < 1.29 is 13.2 Å². The lowest BCUT2D eigenvalue weighted by Gasteiger charge is -2.12. The molecule has 0 saturated carbocycles. The van der Waals surface area contributed by atoms with Crippen LogP contribution in [0.25, 0.3) is 10.8 Å². The van der Waals surface area contributed by atoms with Gasteiger partial charge in [0.15, 0.2) is 0 Å². The van der Waals surface area contributed by atoms with Crippen LogP contribution in [0.4, 0.5) is 13.2 Å². The summed E-state index contributed by atoms with van der Waals surface area (Å²) in [6.45, 7) is 0. The molecule has 4 heteroatoms. The Labute approximate surface area is 99.2 Å². The lowest BCUT2D eigenvalue weighted by atomic mass is 10.00. The van der Waals surface area contributed by atoms with E-state index >= 15 is 0 Å². The molecule has 0 aliphatic rings. The first-order valence-corrected chi connectivity index (χ1v) is 5.80. The molecule has 0 spiro atoms. The van der Waals surface area contributed by atoms with Gasteiger partial charge in [0.1, 0.15) is 0 Å². The molecule has 0 aromatic heterocycles. The summed E-state index contributed by atoms with van der Waals surface area (Å²) in [6.07, 6.45) is -4.31.